The molecule has 0 saturated carbocycles. The first-order chi connectivity index (χ1) is 9.37. The Hall–Kier alpha value is -0.0900. The summed E-state index contributed by atoms with van der Waals surface area (Å²) in [6.07, 6.45) is 12.1. The Balaban J connectivity index is 3.57. The van der Waals surface area contributed by atoms with Crippen molar-refractivity contribution in [2.75, 3.05) is 0 Å². The molecule has 0 aromatic rings. The van der Waals surface area contributed by atoms with E-state index in [2.05, 4.69) is 6.92 Å². The quantitative estimate of drug-likeness (QED) is 0.385. The Morgan fingerprint density at radius 2 is 1.32 bits per heavy atom. The van der Waals surface area contributed by atoms with Crippen LogP contribution in [0.1, 0.15) is 92.3 Å². The maximum absolute atomic E-state index is 11.1. The lowest BCUT2D eigenvalue weighted by Crippen LogP contribution is -2.19. The predicted octanol–water partition coefficient (Wildman–Crippen LogP) is 4.96. The molecule has 0 spiro atoms. The summed E-state index contributed by atoms with van der Waals surface area (Å²) in [5.74, 6) is 0. The number of rotatable bonds is 13. The third-order valence-electron chi connectivity index (χ3n) is 3.57. The van der Waals surface area contributed by atoms with Crippen LogP contribution in [-0.2, 0) is 10.1 Å². The van der Waals surface area contributed by atoms with Gasteiger partial charge in [-0.05, 0) is 12.8 Å². The van der Waals surface area contributed by atoms with E-state index in [1.54, 1.807) is 6.92 Å². The minimum atomic E-state index is -4.26. The first-order valence-corrected chi connectivity index (χ1v) is 9.28. The van der Waals surface area contributed by atoms with Gasteiger partial charge in [0.25, 0.3) is 10.1 Å². The molecule has 0 heterocycles. The van der Waals surface area contributed by atoms with Gasteiger partial charge in [-0.1, -0.05) is 78.1 Å². The summed E-state index contributed by atoms with van der Waals surface area (Å²) in [7, 11) is -4.26. The van der Waals surface area contributed by atoms with E-state index in [4.69, 9.17) is 5.92 Å². The predicted molar refractivity (Wildman–Crippen MR) is 82.1 cm³/mol. The molecule has 0 aromatic carbocycles. The maximum Gasteiger partial charge on any atom is 0.267 e. The van der Waals surface area contributed by atoms with Gasteiger partial charge in [0.15, 0.2) is 0 Å². The van der Waals surface area contributed by atoms with Gasteiger partial charge in [0.1, 0.15) is 0 Å². The molecule has 4 heteroatoms. The topological polar surface area (TPSA) is 54.4 Å². The van der Waals surface area contributed by atoms with Crippen molar-refractivity contribution in [1.82, 2.24) is 0 Å². The van der Waals surface area contributed by atoms with Crippen LogP contribution in [0, 0.1) is 0 Å². The second kappa shape index (κ2) is 11.7. The molecule has 0 aromatic heterocycles. The molecule has 0 bridgehead atoms. The molecular weight excluding hydrogens is 260 g/mol. The van der Waals surface area contributed by atoms with E-state index >= 15 is 0 Å². The Morgan fingerprint density at radius 1 is 0.895 bits per heavy atom. The first-order valence-electron chi connectivity index (χ1n) is 8.34. The Morgan fingerprint density at radius 3 is 1.68 bits per heavy atom. The Kier molecular flexibility index (Phi) is 10.5. The number of hydrogen-bond acceptors (Lipinski definition) is 2. The van der Waals surface area contributed by atoms with E-state index in [1.807, 2.05) is 0 Å². The Labute approximate surface area is 121 Å². The summed E-state index contributed by atoms with van der Waals surface area (Å²) in [6.45, 7) is 3.85. The van der Waals surface area contributed by atoms with Crippen LogP contribution in [-0.4, -0.2) is 18.2 Å². The zero-order valence-electron chi connectivity index (χ0n) is 13.7. The van der Waals surface area contributed by atoms with Crippen LogP contribution < -0.4 is 0 Å². The minimum Gasteiger partial charge on any atom is -0.285 e. The van der Waals surface area contributed by atoms with Crippen molar-refractivity contribution < 1.29 is 14.3 Å². The van der Waals surface area contributed by atoms with Crippen molar-refractivity contribution in [3.05, 3.63) is 0 Å². The molecule has 3 nitrogen and oxygen atoms in total. The van der Waals surface area contributed by atoms with Crippen molar-refractivity contribution in [3.8, 4) is 0 Å². The van der Waals surface area contributed by atoms with E-state index in [-0.39, 0.29) is 12.8 Å². The van der Waals surface area contributed by atoms with E-state index in [9.17, 15) is 8.42 Å². The van der Waals surface area contributed by atoms with Crippen molar-refractivity contribution in [3.63, 3.8) is 0 Å². The molecule has 0 aliphatic carbocycles. The van der Waals surface area contributed by atoms with Crippen molar-refractivity contribution >= 4 is 10.1 Å². The van der Waals surface area contributed by atoms with E-state index < -0.39 is 15.3 Å². The largest absolute Gasteiger partial charge is 0.285 e. The highest BCUT2D eigenvalue weighted by Crippen LogP contribution is 2.15. The van der Waals surface area contributed by atoms with Gasteiger partial charge >= 0.3 is 0 Å². The molecule has 0 saturated heterocycles. The molecule has 0 rings (SSSR count). The molecule has 0 fully saturated rings. The van der Waals surface area contributed by atoms with Crippen LogP contribution in [0.15, 0.2) is 0 Å². The van der Waals surface area contributed by atoms with Crippen molar-refractivity contribution in [1.29, 1.82) is 0 Å². The van der Waals surface area contributed by atoms with E-state index in [0.29, 0.717) is 6.42 Å². The van der Waals surface area contributed by atoms with Gasteiger partial charge in [-0.2, -0.15) is 8.42 Å². The van der Waals surface area contributed by atoms with Crippen molar-refractivity contribution in [2.45, 2.75) is 96.1 Å². The molecule has 1 atom stereocenters. The average molecular weight is 293 g/mol. The summed E-state index contributed by atoms with van der Waals surface area (Å²) in [5.41, 5.74) is 0. The highest BCUT2D eigenvalue weighted by molar-refractivity contribution is 7.86. The Bertz CT molecular complexity index is 330. The lowest BCUT2D eigenvalue weighted by molar-refractivity contribution is 0.452. The van der Waals surface area contributed by atoms with E-state index in [1.165, 1.54) is 44.9 Å². The van der Waals surface area contributed by atoms with Crippen LogP contribution in [0.25, 0.3) is 0 Å². The second-order valence-electron chi connectivity index (χ2n) is 5.30. The van der Waals surface area contributed by atoms with Crippen LogP contribution in [0.4, 0.5) is 0 Å². The smallest absolute Gasteiger partial charge is 0.267 e. The molecule has 1 unspecified atom stereocenters. The molecule has 0 aliphatic rings. The zero-order valence-corrected chi connectivity index (χ0v) is 13.5. The summed E-state index contributed by atoms with van der Waals surface area (Å²) < 4.78 is 39.1. The fraction of sp³-hybridized carbons (Fsp3) is 1.00. The third-order valence-corrected chi connectivity index (χ3v) is 4.79. The lowest BCUT2D eigenvalue weighted by atomic mass is 10.0. The number of hydrogen-bond donors (Lipinski definition) is 1. The van der Waals surface area contributed by atoms with Crippen LogP contribution in [0.3, 0.4) is 0 Å². The highest BCUT2D eigenvalue weighted by atomic mass is 32.2. The van der Waals surface area contributed by atoms with Gasteiger partial charge < -0.3 is 0 Å². The van der Waals surface area contributed by atoms with Crippen LogP contribution >= 0.6 is 0 Å². The molecule has 0 aliphatic heterocycles. The average Bonchev–Trinajstić information content (AvgIpc) is 2.39. The number of unbranched alkanes of at least 4 members (excludes halogenated alkanes) is 9. The maximum atomic E-state index is 11.1. The SMILES string of the molecule is [2H]C(CC)(CCCCCCCCCCCC)S(=O)(=O)O. The van der Waals surface area contributed by atoms with Crippen LogP contribution in [0.5, 0.6) is 0 Å². The fourth-order valence-electron chi connectivity index (χ4n) is 2.30. The summed E-state index contributed by atoms with van der Waals surface area (Å²) in [5, 5.41) is -1.70. The van der Waals surface area contributed by atoms with Crippen LogP contribution in [0.2, 0.25) is 0 Å². The second-order valence-corrected chi connectivity index (χ2v) is 6.83. The molecule has 19 heavy (non-hydrogen) atoms. The van der Waals surface area contributed by atoms with Crippen molar-refractivity contribution in [2.24, 2.45) is 0 Å². The standard InChI is InChI=1S/C15H32O3S/c1-3-5-6-7-8-9-10-11-12-13-14-15(4-2)19(16,17)18/h15H,3-14H2,1-2H3,(H,16,17,18)/i15D. The molecule has 1 N–H and O–H groups in total. The molecular formula is C15H32O3S. The summed E-state index contributed by atoms with van der Waals surface area (Å²) in [4.78, 5) is 0. The first kappa shape index (κ1) is 17.0. The van der Waals surface area contributed by atoms with Gasteiger partial charge in [-0.25, -0.2) is 0 Å². The highest BCUT2D eigenvalue weighted by Gasteiger charge is 2.19. The normalized spacial score (nSPS) is 16.1. The zero-order chi connectivity index (χ0) is 15.5. The van der Waals surface area contributed by atoms with E-state index in [0.717, 1.165) is 12.8 Å². The molecule has 0 amide bonds. The fourth-order valence-corrected chi connectivity index (χ4v) is 3.06. The summed E-state index contributed by atoms with van der Waals surface area (Å²) in [6, 6.07) is 0. The minimum absolute atomic E-state index is 0.142. The molecule has 116 valence electrons. The third kappa shape index (κ3) is 11.4. The van der Waals surface area contributed by atoms with Gasteiger partial charge in [0, 0.05) is 1.37 Å². The lowest BCUT2D eigenvalue weighted by Gasteiger charge is -2.10. The monoisotopic (exact) mass is 293 g/mol. The van der Waals surface area contributed by atoms with Gasteiger partial charge in [-0.15, -0.1) is 0 Å². The van der Waals surface area contributed by atoms with Gasteiger partial charge in [0.05, 0.1) is 5.23 Å². The van der Waals surface area contributed by atoms with Gasteiger partial charge in [-0.3, -0.25) is 4.55 Å². The summed E-state index contributed by atoms with van der Waals surface area (Å²) >= 11 is 0. The van der Waals surface area contributed by atoms with Gasteiger partial charge in [0.2, 0.25) is 0 Å². The molecule has 0 radical (unpaired) electrons.